The van der Waals surface area contributed by atoms with Crippen molar-refractivity contribution >= 4 is 53.6 Å². The van der Waals surface area contributed by atoms with Gasteiger partial charge in [-0.2, -0.15) is 0 Å². The molecule has 2 aliphatic heterocycles. The summed E-state index contributed by atoms with van der Waals surface area (Å²) in [5.41, 5.74) is -1.13. The van der Waals surface area contributed by atoms with Crippen LogP contribution in [0.15, 0.2) is 42.0 Å². The van der Waals surface area contributed by atoms with Crippen molar-refractivity contribution in [1.29, 1.82) is 0 Å². The van der Waals surface area contributed by atoms with Gasteiger partial charge in [0.15, 0.2) is 5.72 Å². The predicted molar refractivity (Wildman–Crippen MR) is 250 cm³/mol. The van der Waals surface area contributed by atoms with Gasteiger partial charge in [-0.25, -0.2) is 9.59 Å². The van der Waals surface area contributed by atoms with E-state index < -0.39 is 71.6 Å². The fourth-order valence-corrected chi connectivity index (χ4v) is 8.06. The van der Waals surface area contributed by atoms with E-state index >= 15 is 0 Å². The molecule has 2 saturated heterocycles. The Hall–Kier alpha value is -5.04. The fourth-order valence-electron chi connectivity index (χ4n) is 7.86. The maximum absolute atomic E-state index is 13.6. The Morgan fingerprint density at radius 2 is 1.75 bits per heavy atom. The minimum Gasteiger partial charge on any atom is -0.495 e. The second-order valence-corrected chi connectivity index (χ2v) is 18.5. The average molecular weight is 963 g/mol. The van der Waals surface area contributed by atoms with Gasteiger partial charge in [0.1, 0.15) is 42.0 Å². The van der Waals surface area contributed by atoms with E-state index in [1.165, 1.54) is 28.1 Å². The molecule has 0 radical (unpaired) electrons. The third-order valence-corrected chi connectivity index (χ3v) is 13.0. The van der Waals surface area contributed by atoms with E-state index in [1.54, 1.807) is 51.1 Å². The lowest BCUT2D eigenvalue weighted by molar-refractivity contribution is -0.162. The van der Waals surface area contributed by atoms with Crippen molar-refractivity contribution in [2.24, 2.45) is 17.8 Å². The normalized spacial score (nSPS) is 22.6. The third-order valence-electron chi connectivity index (χ3n) is 12.7. The number of carbonyl (C=O) groups excluding carboxylic acids is 7. The van der Waals surface area contributed by atoms with Crippen LogP contribution < -0.4 is 20.7 Å². The van der Waals surface area contributed by atoms with E-state index in [2.05, 4.69) is 16.0 Å². The van der Waals surface area contributed by atoms with Gasteiger partial charge in [-0.1, -0.05) is 68.7 Å². The van der Waals surface area contributed by atoms with Crippen LogP contribution in [-0.4, -0.2) is 147 Å². The summed E-state index contributed by atoms with van der Waals surface area (Å²) in [5, 5.41) is 19.9. The lowest BCUT2D eigenvalue weighted by atomic mass is 9.83. The zero-order valence-electron chi connectivity index (χ0n) is 40.8. The van der Waals surface area contributed by atoms with Crippen LogP contribution in [0.25, 0.3) is 0 Å². The number of carbonyl (C=O) groups is 7. The van der Waals surface area contributed by atoms with Crippen LogP contribution in [0.2, 0.25) is 5.02 Å². The number of cyclic esters (lactones) is 1. The summed E-state index contributed by atoms with van der Waals surface area (Å²) < 4.78 is 28.7. The number of aliphatic hydroxyl groups is 1. The molecule has 2 fully saturated rings. The molecule has 5 amide bonds. The largest absolute Gasteiger partial charge is 0.495 e. The first-order chi connectivity index (χ1) is 31.5. The number of amides is 5. The number of aldehydes is 1. The number of epoxide rings is 1. The van der Waals surface area contributed by atoms with Gasteiger partial charge in [-0.3, -0.25) is 24.5 Å². The van der Waals surface area contributed by atoms with Gasteiger partial charge in [0.2, 0.25) is 23.6 Å². The average Bonchev–Trinajstić information content (AvgIpc) is 3.99. The number of benzene rings is 1. The number of halogens is 1. The van der Waals surface area contributed by atoms with Crippen LogP contribution in [0.4, 0.5) is 4.79 Å². The second-order valence-electron chi connectivity index (χ2n) is 18.1. The topological polar surface area (TPSA) is 232 Å². The Bertz CT molecular complexity index is 1960. The lowest BCUT2D eigenvalue weighted by Gasteiger charge is -2.42. The molecular formula is C48H72ClN5O13. The van der Waals surface area contributed by atoms with Crippen LogP contribution in [-0.2, 0) is 54.1 Å². The van der Waals surface area contributed by atoms with E-state index in [9.17, 15) is 38.7 Å². The second kappa shape index (κ2) is 25.9. The number of allylic oxidation sites excluding steroid dienone is 3. The number of esters is 1. The molecule has 0 spiro atoms. The van der Waals surface area contributed by atoms with Crippen molar-refractivity contribution in [2.75, 3.05) is 48.5 Å². The number of nitrogens with zero attached hydrogens (tertiary/aromatic N) is 2. The van der Waals surface area contributed by atoms with Crippen molar-refractivity contribution in [3.8, 4) is 5.75 Å². The predicted octanol–water partition coefficient (Wildman–Crippen LogP) is 4.28. The van der Waals surface area contributed by atoms with Gasteiger partial charge < -0.3 is 54.0 Å². The van der Waals surface area contributed by atoms with Crippen LogP contribution in [0.1, 0.15) is 92.1 Å². The van der Waals surface area contributed by atoms with Crippen molar-refractivity contribution in [1.82, 2.24) is 25.8 Å². The highest BCUT2D eigenvalue weighted by Crippen LogP contribution is 2.49. The van der Waals surface area contributed by atoms with Crippen LogP contribution in [0.5, 0.6) is 5.75 Å². The van der Waals surface area contributed by atoms with Crippen molar-refractivity contribution in [2.45, 2.75) is 135 Å². The quantitative estimate of drug-likeness (QED) is 0.0318. The van der Waals surface area contributed by atoms with Crippen molar-refractivity contribution in [3.05, 3.63) is 52.6 Å². The number of ether oxygens (including phenoxy) is 5. The Morgan fingerprint density at radius 3 is 2.37 bits per heavy atom. The fraction of sp³-hybridized carbons (Fsp3) is 0.646. The van der Waals surface area contributed by atoms with E-state index in [4.69, 9.17) is 35.3 Å². The smallest absolute Gasteiger partial charge is 0.409 e. The number of hydrogen-bond donors (Lipinski definition) is 4. The molecule has 0 aromatic heterocycles. The molecule has 19 heteroatoms. The van der Waals surface area contributed by atoms with Gasteiger partial charge in [-0.05, 0) is 63.6 Å². The number of nitrogens with one attached hydrogen (secondary N) is 3. The number of unbranched alkanes of at least 4 members (excludes halogenated alkanes) is 2. The zero-order chi connectivity index (χ0) is 50.2. The minimum absolute atomic E-state index is 0.0747. The van der Waals surface area contributed by atoms with Crippen LogP contribution >= 0.6 is 11.6 Å². The molecule has 67 heavy (non-hydrogen) atoms. The molecule has 9 unspecified atom stereocenters. The first-order valence-corrected chi connectivity index (χ1v) is 23.1. The Labute approximate surface area is 399 Å². The molecule has 2 aliphatic rings. The van der Waals surface area contributed by atoms with Gasteiger partial charge in [0.05, 0.1) is 31.2 Å². The summed E-state index contributed by atoms with van der Waals surface area (Å²) in [6.45, 7) is 10.8. The standard InChI is InChI=1S/C48H72ClN5O13/c1-29(2)34(28-55)24-42(58)53(8)21-14-12-13-18-40(56)51-27-43(59)54(9)32(5)45(60)66-39(25-41(57)50-7)47(6)44(67-47)31(4)37-26-48(62,52-46(61)65-37)38(64-11)17-15-16-30(3)22-33-19-20-35(49)36(23-33)63-10/h15-17,19-20,23,28-29,31-32,34,37-39,44,62H,12-14,18,21-22,24-27H2,1-11H3,(H,50,57)(H,51,56)(H,52,61)/b17-15+,30-16+. The molecular weight excluding hydrogens is 890 g/mol. The minimum atomic E-state index is -1.88. The maximum atomic E-state index is 13.6. The van der Waals surface area contributed by atoms with Gasteiger partial charge in [0.25, 0.3) is 0 Å². The summed E-state index contributed by atoms with van der Waals surface area (Å²) in [6.07, 6.45) is 3.88. The van der Waals surface area contributed by atoms with E-state index in [0.717, 1.165) is 22.3 Å². The van der Waals surface area contributed by atoms with Gasteiger partial charge >= 0.3 is 12.1 Å². The van der Waals surface area contributed by atoms with Gasteiger partial charge in [0, 0.05) is 65.9 Å². The number of likely N-dealkylation sites (N-methyl/N-ethyl adjacent to an activating group) is 1. The number of rotatable bonds is 27. The van der Waals surface area contributed by atoms with Crippen LogP contribution in [0, 0.1) is 17.8 Å². The lowest BCUT2D eigenvalue weighted by Crippen LogP contribution is -2.63. The number of alkyl carbamates (subject to hydrolysis) is 1. The monoisotopic (exact) mass is 961 g/mol. The number of hydrogen-bond acceptors (Lipinski definition) is 13. The Kier molecular flexibility index (Phi) is 21.8. The summed E-state index contributed by atoms with van der Waals surface area (Å²) in [7, 11) is 7.48. The first-order valence-electron chi connectivity index (χ1n) is 22.7. The molecule has 0 aliphatic carbocycles. The van der Waals surface area contributed by atoms with E-state index in [-0.39, 0.29) is 55.9 Å². The van der Waals surface area contributed by atoms with Crippen LogP contribution in [0.3, 0.4) is 0 Å². The molecule has 9 atom stereocenters. The molecule has 18 nitrogen and oxygen atoms in total. The zero-order valence-corrected chi connectivity index (χ0v) is 41.6. The molecule has 4 N–H and O–H groups in total. The molecule has 374 valence electrons. The molecule has 0 bridgehead atoms. The van der Waals surface area contributed by atoms with E-state index in [1.807, 2.05) is 39.0 Å². The highest BCUT2D eigenvalue weighted by atomic mass is 35.5. The van der Waals surface area contributed by atoms with Gasteiger partial charge in [-0.15, -0.1) is 0 Å². The first kappa shape index (κ1) is 56.3. The van der Waals surface area contributed by atoms with Crippen molar-refractivity contribution < 1.29 is 62.4 Å². The SMILES string of the molecule is CNC(=O)CC(OC(=O)C(C)N(C)C(=O)CNC(=O)CCCCCN(C)C(=O)CC(C=O)C(C)C)C1(C)OC1C(C)C1CC(O)(C(/C=C/C=C(\C)Cc2ccc(Cl)c(OC)c2)OC)NC(=O)O1. The summed E-state index contributed by atoms with van der Waals surface area (Å²) in [6, 6.07) is 4.42. The molecule has 1 aromatic rings. The summed E-state index contributed by atoms with van der Waals surface area (Å²) >= 11 is 6.17. The number of methoxy groups -OCH3 is 2. The van der Waals surface area contributed by atoms with Crippen molar-refractivity contribution in [3.63, 3.8) is 0 Å². The molecule has 2 heterocycles. The maximum Gasteiger partial charge on any atom is 0.409 e. The Balaban J connectivity index is 1.56. The molecule has 1 aromatic carbocycles. The third kappa shape index (κ3) is 16.3. The molecule has 3 rings (SSSR count). The summed E-state index contributed by atoms with van der Waals surface area (Å²) in [5.74, 6) is -2.51. The summed E-state index contributed by atoms with van der Waals surface area (Å²) in [4.78, 5) is 91.3. The van der Waals surface area contributed by atoms with E-state index in [0.29, 0.717) is 43.0 Å². The molecule has 0 saturated carbocycles. The highest BCUT2D eigenvalue weighted by Gasteiger charge is 2.64. The Morgan fingerprint density at radius 1 is 1.04 bits per heavy atom. The highest BCUT2D eigenvalue weighted by molar-refractivity contribution is 6.32.